The summed E-state index contributed by atoms with van der Waals surface area (Å²) in [6.07, 6.45) is 3.01. The van der Waals surface area contributed by atoms with Crippen LogP contribution in [0.25, 0.3) is 0 Å². The summed E-state index contributed by atoms with van der Waals surface area (Å²) in [5.74, 6) is 0.359. The lowest BCUT2D eigenvalue weighted by molar-refractivity contribution is -0.181. The highest BCUT2D eigenvalue weighted by Gasteiger charge is 2.40. The van der Waals surface area contributed by atoms with E-state index in [9.17, 15) is 4.79 Å². The molecule has 18 heavy (non-hydrogen) atoms. The molecule has 0 atom stereocenters. The minimum atomic E-state index is -0.427. The number of rotatable bonds is 1. The number of carbonyl (C=O) groups excluding carboxylic acids is 1. The van der Waals surface area contributed by atoms with Crippen LogP contribution in [0.1, 0.15) is 29.0 Å². The van der Waals surface area contributed by atoms with Gasteiger partial charge in [-0.15, -0.1) is 0 Å². The van der Waals surface area contributed by atoms with Crippen molar-refractivity contribution in [3.63, 3.8) is 0 Å². The average Bonchev–Trinajstić information content (AvgIpc) is 3.00. The van der Waals surface area contributed by atoms with Crippen LogP contribution in [0, 0.1) is 6.92 Å². The fourth-order valence-electron chi connectivity index (χ4n) is 2.57. The third kappa shape index (κ3) is 2.04. The fraction of sp³-hybridized carbons (Fsp3) is 0.615. The van der Waals surface area contributed by atoms with Gasteiger partial charge >= 0.3 is 0 Å². The number of hydrogen-bond donors (Lipinski definition) is 0. The molecule has 0 unspecified atom stereocenters. The highest BCUT2D eigenvalue weighted by atomic mass is 16.7. The zero-order valence-corrected chi connectivity index (χ0v) is 10.5. The zero-order valence-electron chi connectivity index (χ0n) is 10.5. The Morgan fingerprint density at radius 3 is 2.50 bits per heavy atom. The van der Waals surface area contributed by atoms with Crippen molar-refractivity contribution in [2.75, 3.05) is 26.3 Å². The first-order valence-corrected chi connectivity index (χ1v) is 6.31. The van der Waals surface area contributed by atoms with Gasteiger partial charge in [-0.25, -0.2) is 0 Å². The average molecular weight is 251 g/mol. The Labute approximate surface area is 106 Å². The lowest BCUT2D eigenvalue weighted by atomic mass is 10.0. The van der Waals surface area contributed by atoms with Crippen LogP contribution < -0.4 is 0 Å². The largest absolute Gasteiger partial charge is 0.469 e. The maximum absolute atomic E-state index is 12.2. The minimum Gasteiger partial charge on any atom is -0.469 e. The molecule has 0 aromatic carbocycles. The molecule has 2 aliphatic heterocycles. The summed E-state index contributed by atoms with van der Waals surface area (Å²) >= 11 is 0. The highest BCUT2D eigenvalue weighted by Crippen LogP contribution is 2.31. The van der Waals surface area contributed by atoms with Crippen molar-refractivity contribution >= 4 is 5.91 Å². The van der Waals surface area contributed by atoms with Gasteiger partial charge in [0.2, 0.25) is 0 Å². The Morgan fingerprint density at radius 2 is 1.94 bits per heavy atom. The molecule has 98 valence electrons. The zero-order chi connectivity index (χ0) is 12.6. The number of likely N-dealkylation sites (tertiary alicyclic amines) is 1. The van der Waals surface area contributed by atoms with Gasteiger partial charge in [0.15, 0.2) is 5.79 Å². The number of hydrogen-bond acceptors (Lipinski definition) is 4. The van der Waals surface area contributed by atoms with Gasteiger partial charge in [-0.2, -0.15) is 0 Å². The van der Waals surface area contributed by atoms with E-state index in [1.54, 1.807) is 6.07 Å². The number of ether oxygens (including phenoxy) is 2. The van der Waals surface area contributed by atoms with Crippen LogP contribution in [0.4, 0.5) is 0 Å². The molecule has 0 saturated carbocycles. The maximum atomic E-state index is 12.2. The van der Waals surface area contributed by atoms with Crippen molar-refractivity contribution in [2.45, 2.75) is 25.6 Å². The first-order valence-electron chi connectivity index (χ1n) is 6.31. The molecule has 5 nitrogen and oxygen atoms in total. The number of aryl methyl sites for hydroxylation is 1. The van der Waals surface area contributed by atoms with Crippen LogP contribution in [-0.2, 0) is 9.47 Å². The van der Waals surface area contributed by atoms with Crippen molar-refractivity contribution in [2.24, 2.45) is 0 Å². The quantitative estimate of drug-likeness (QED) is 0.760. The number of nitrogens with zero attached hydrogens (tertiary/aromatic N) is 1. The second-order valence-electron chi connectivity index (χ2n) is 4.85. The Morgan fingerprint density at radius 1 is 1.28 bits per heavy atom. The van der Waals surface area contributed by atoms with Gasteiger partial charge in [0, 0.05) is 25.9 Å². The third-order valence-corrected chi connectivity index (χ3v) is 3.60. The van der Waals surface area contributed by atoms with Crippen molar-refractivity contribution in [1.82, 2.24) is 4.90 Å². The summed E-state index contributed by atoms with van der Waals surface area (Å²) in [5, 5.41) is 0. The smallest absolute Gasteiger partial charge is 0.257 e. The Kier molecular flexibility index (Phi) is 2.87. The summed E-state index contributed by atoms with van der Waals surface area (Å²) in [7, 11) is 0. The van der Waals surface area contributed by atoms with Crippen LogP contribution in [-0.4, -0.2) is 42.9 Å². The molecule has 3 heterocycles. The first kappa shape index (κ1) is 11.7. The second-order valence-corrected chi connectivity index (χ2v) is 4.85. The van der Waals surface area contributed by atoms with E-state index in [0.29, 0.717) is 31.9 Å². The van der Waals surface area contributed by atoms with Crippen molar-refractivity contribution < 1.29 is 18.7 Å². The highest BCUT2D eigenvalue weighted by molar-refractivity contribution is 5.94. The monoisotopic (exact) mass is 251 g/mol. The summed E-state index contributed by atoms with van der Waals surface area (Å²) in [5.41, 5.74) is 0.622. The van der Waals surface area contributed by atoms with Crippen LogP contribution in [0.5, 0.6) is 0 Å². The van der Waals surface area contributed by atoms with E-state index >= 15 is 0 Å². The molecular formula is C13H17NO4. The molecule has 1 aromatic heterocycles. The Balaban J connectivity index is 1.64. The molecule has 2 fully saturated rings. The fourth-order valence-corrected chi connectivity index (χ4v) is 2.57. The summed E-state index contributed by atoms with van der Waals surface area (Å²) in [6, 6.07) is 1.77. The van der Waals surface area contributed by atoms with Crippen molar-refractivity contribution in [3.05, 3.63) is 23.7 Å². The molecule has 0 radical (unpaired) electrons. The third-order valence-electron chi connectivity index (χ3n) is 3.60. The predicted molar refractivity (Wildman–Crippen MR) is 63.2 cm³/mol. The Bertz CT molecular complexity index is 438. The van der Waals surface area contributed by atoms with E-state index in [0.717, 1.165) is 18.6 Å². The lowest BCUT2D eigenvalue weighted by Gasteiger charge is -2.37. The number of furan rings is 1. The molecule has 1 spiro atoms. The number of piperidine rings is 1. The van der Waals surface area contributed by atoms with E-state index in [2.05, 4.69) is 0 Å². The standard InChI is InChI=1S/C13H17NO4/c1-10-8-11(9-16-10)12(15)14-4-2-13(3-5-14)17-6-7-18-13/h8-9H,2-7H2,1H3. The van der Waals surface area contributed by atoms with E-state index in [-0.39, 0.29) is 5.91 Å². The van der Waals surface area contributed by atoms with E-state index in [1.807, 2.05) is 11.8 Å². The van der Waals surface area contributed by atoms with E-state index in [4.69, 9.17) is 13.9 Å². The molecule has 0 N–H and O–H groups in total. The summed E-state index contributed by atoms with van der Waals surface area (Å²) < 4.78 is 16.5. The molecule has 0 aliphatic carbocycles. The maximum Gasteiger partial charge on any atom is 0.257 e. The van der Waals surface area contributed by atoms with Gasteiger partial charge in [-0.1, -0.05) is 0 Å². The van der Waals surface area contributed by atoms with Gasteiger partial charge in [-0.05, 0) is 13.0 Å². The van der Waals surface area contributed by atoms with Crippen molar-refractivity contribution in [1.29, 1.82) is 0 Å². The van der Waals surface area contributed by atoms with E-state index in [1.165, 1.54) is 6.26 Å². The molecule has 1 aromatic rings. The molecule has 5 heteroatoms. The first-order chi connectivity index (χ1) is 8.69. The van der Waals surface area contributed by atoms with Crippen molar-refractivity contribution in [3.8, 4) is 0 Å². The molecule has 2 saturated heterocycles. The van der Waals surface area contributed by atoms with Crippen LogP contribution in [0.3, 0.4) is 0 Å². The van der Waals surface area contributed by atoms with Crippen LogP contribution in [0.2, 0.25) is 0 Å². The normalized spacial score (nSPS) is 22.6. The SMILES string of the molecule is Cc1cc(C(=O)N2CCC3(CC2)OCCO3)co1. The number of amides is 1. The van der Waals surface area contributed by atoms with Gasteiger partial charge < -0.3 is 18.8 Å². The molecule has 0 bridgehead atoms. The lowest BCUT2D eigenvalue weighted by Crippen LogP contribution is -2.47. The van der Waals surface area contributed by atoms with Gasteiger partial charge in [0.1, 0.15) is 12.0 Å². The number of carbonyl (C=O) groups is 1. The molecule has 3 rings (SSSR count). The summed E-state index contributed by atoms with van der Waals surface area (Å²) in [4.78, 5) is 14.0. The second kappa shape index (κ2) is 4.40. The van der Waals surface area contributed by atoms with Crippen LogP contribution >= 0.6 is 0 Å². The predicted octanol–water partition coefficient (Wildman–Crippen LogP) is 1.57. The van der Waals surface area contributed by atoms with Gasteiger partial charge in [0.25, 0.3) is 5.91 Å². The summed E-state index contributed by atoms with van der Waals surface area (Å²) in [6.45, 7) is 4.50. The molecular weight excluding hydrogens is 234 g/mol. The van der Waals surface area contributed by atoms with E-state index < -0.39 is 5.79 Å². The molecule has 2 aliphatic rings. The van der Waals surface area contributed by atoms with Crippen LogP contribution in [0.15, 0.2) is 16.7 Å². The Hall–Kier alpha value is -1.33. The minimum absolute atomic E-state index is 0.0275. The van der Waals surface area contributed by atoms with Gasteiger partial charge in [0.05, 0.1) is 18.8 Å². The van der Waals surface area contributed by atoms with Gasteiger partial charge in [-0.3, -0.25) is 4.79 Å². The topological polar surface area (TPSA) is 51.9 Å². The molecule has 1 amide bonds.